The minimum absolute atomic E-state index is 0.167. The molecule has 1 atom stereocenters. The number of hydrogen-bond donors (Lipinski definition) is 2. The Labute approximate surface area is 117 Å². The molecule has 1 heterocycles. The summed E-state index contributed by atoms with van der Waals surface area (Å²) in [5, 5.41) is 12.0. The van der Waals surface area contributed by atoms with Gasteiger partial charge in [0.05, 0.1) is 5.75 Å². The first-order valence-electron chi connectivity index (χ1n) is 6.11. The quantitative estimate of drug-likeness (QED) is 0.833. The van der Waals surface area contributed by atoms with Crippen LogP contribution in [0.1, 0.15) is 30.2 Å². The first-order valence-corrected chi connectivity index (χ1v) is 7.16. The minimum atomic E-state index is -0.167. The van der Waals surface area contributed by atoms with E-state index in [1.807, 2.05) is 13.0 Å². The molecule has 1 rings (SSSR count). The van der Waals surface area contributed by atoms with E-state index in [1.54, 1.807) is 13.8 Å². The number of carbonyl (C=O) groups is 1. The molecule has 1 amide bonds. The highest BCUT2D eigenvalue weighted by molar-refractivity contribution is 8.00. The van der Waals surface area contributed by atoms with Gasteiger partial charge in [0.2, 0.25) is 11.8 Å². The van der Waals surface area contributed by atoms with E-state index < -0.39 is 0 Å². The van der Waals surface area contributed by atoms with Crippen molar-refractivity contribution in [2.24, 2.45) is 5.73 Å². The fourth-order valence-electron chi connectivity index (χ4n) is 1.55. The number of aryl methyl sites for hydroxylation is 1. The van der Waals surface area contributed by atoms with E-state index in [2.05, 4.69) is 5.32 Å². The Morgan fingerprint density at radius 3 is 2.84 bits per heavy atom. The zero-order valence-corrected chi connectivity index (χ0v) is 12.3. The number of nitrogens with zero attached hydrogens (tertiary/aromatic N) is 1. The van der Waals surface area contributed by atoms with E-state index in [0.717, 1.165) is 12.0 Å². The van der Waals surface area contributed by atoms with Crippen molar-refractivity contribution < 1.29 is 9.21 Å². The second-order valence-electron chi connectivity index (χ2n) is 4.35. The molecule has 19 heavy (non-hydrogen) atoms. The summed E-state index contributed by atoms with van der Waals surface area (Å²) >= 11 is 1.54. The van der Waals surface area contributed by atoms with Gasteiger partial charge in [0.1, 0.15) is 17.4 Å². The molecule has 0 bridgehead atoms. The number of nitriles is 1. The van der Waals surface area contributed by atoms with Gasteiger partial charge in [-0.25, -0.2) is 0 Å². The number of carbonyl (C=O) groups excluding carboxylic acids is 1. The molecule has 0 saturated heterocycles. The molecule has 0 saturated carbocycles. The number of nitrogens with two attached hydrogens (primary N) is 1. The zero-order valence-electron chi connectivity index (χ0n) is 11.4. The van der Waals surface area contributed by atoms with Crippen LogP contribution in [0, 0.1) is 25.2 Å². The average Bonchev–Trinajstić information content (AvgIpc) is 2.62. The predicted octanol–water partition coefficient (Wildman–Crippen LogP) is 2.18. The lowest BCUT2D eigenvalue weighted by atomic mass is 10.2. The van der Waals surface area contributed by atoms with Gasteiger partial charge in [0.25, 0.3) is 0 Å². The standard InChI is InChI=1S/C13H19N3O2S/c1-8(4-5-14)19-7-12(17)16-13-11(6-15)9(2)10(3)18-13/h8H,4-5,7,14H2,1-3H3,(H,16,17). The minimum Gasteiger partial charge on any atom is -0.444 e. The molecule has 0 aliphatic rings. The first kappa shape index (κ1) is 15.6. The van der Waals surface area contributed by atoms with E-state index >= 15 is 0 Å². The summed E-state index contributed by atoms with van der Waals surface area (Å²) in [7, 11) is 0. The highest BCUT2D eigenvalue weighted by Gasteiger charge is 2.16. The Morgan fingerprint density at radius 1 is 1.58 bits per heavy atom. The highest BCUT2D eigenvalue weighted by atomic mass is 32.2. The molecule has 6 heteroatoms. The Balaban J connectivity index is 2.58. The lowest BCUT2D eigenvalue weighted by Gasteiger charge is -2.08. The molecule has 0 spiro atoms. The third-order valence-corrected chi connectivity index (χ3v) is 4.06. The van der Waals surface area contributed by atoms with Gasteiger partial charge in [-0.05, 0) is 26.8 Å². The van der Waals surface area contributed by atoms with Gasteiger partial charge in [0.15, 0.2) is 0 Å². The molecule has 5 nitrogen and oxygen atoms in total. The summed E-state index contributed by atoms with van der Waals surface area (Å²) in [5.74, 6) is 1.05. The second kappa shape index (κ2) is 7.22. The summed E-state index contributed by atoms with van der Waals surface area (Å²) in [6.07, 6.45) is 0.875. The van der Waals surface area contributed by atoms with Crippen molar-refractivity contribution in [1.29, 1.82) is 5.26 Å². The van der Waals surface area contributed by atoms with Crippen LogP contribution in [-0.4, -0.2) is 23.5 Å². The van der Waals surface area contributed by atoms with Crippen molar-refractivity contribution in [3.05, 3.63) is 16.9 Å². The van der Waals surface area contributed by atoms with Crippen molar-refractivity contribution in [3.63, 3.8) is 0 Å². The topological polar surface area (TPSA) is 92.1 Å². The van der Waals surface area contributed by atoms with Crippen molar-refractivity contribution in [2.75, 3.05) is 17.6 Å². The molecular formula is C13H19N3O2S. The van der Waals surface area contributed by atoms with E-state index in [9.17, 15) is 4.79 Å². The van der Waals surface area contributed by atoms with Crippen LogP contribution in [0.15, 0.2) is 4.42 Å². The van der Waals surface area contributed by atoms with Crippen LogP contribution in [0.3, 0.4) is 0 Å². The van der Waals surface area contributed by atoms with Gasteiger partial charge in [-0.15, -0.1) is 11.8 Å². The van der Waals surface area contributed by atoms with Crippen LogP contribution in [0.5, 0.6) is 0 Å². The van der Waals surface area contributed by atoms with Gasteiger partial charge >= 0.3 is 0 Å². The van der Waals surface area contributed by atoms with Gasteiger partial charge in [-0.3, -0.25) is 10.1 Å². The van der Waals surface area contributed by atoms with Crippen LogP contribution < -0.4 is 11.1 Å². The summed E-state index contributed by atoms with van der Waals surface area (Å²) < 4.78 is 5.38. The van der Waals surface area contributed by atoms with Crippen molar-refractivity contribution >= 4 is 23.6 Å². The molecule has 3 N–H and O–H groups in total. The molecule has 1 unspecified atom stereocenters. The average molecular weight is 281 g/mol. The lowest BCUT2D eigenvalue weighted by molar-refractivity contribution is -0.113. The SMILES string of the molecule is Cc1oc(NC(=O)CSC(C)CCN)c(C#N)c1C. The second-order valence-corrected chi connectivity index (χ2v) is 5.77. The monoisotopic (exact) mass is 281 g/mol. The molecule has 0 aliphatic heterocycles. The predicted molar refractivity (Wildman–Crippen MR) is 77.1 cm³/mol. The Bertz CT molecular complexity index is 491. The number of thioether (sulfide) groups is 1. The largest absolute Gasteiger partial charge is 0.444 e. The molecule has 0 radical (unpaired) electrons. The molecule has 1 aromatic heterocycles. The van der Waals surface area contributed by atoms with Crippen LogP contribution >= 0.6 is 11.8 Å². The number of nitrogens with one attached hydrogen (secondary N) is 1. The summed E-state index contributed by atoms with van der Waals surface area (Å²) in [6.45, 7) is 6.21. The van der Waals surface area contributed by atoms with Crippen molar-refractivity contribution in [1.82, 2.24) is 0 Å². The zero-order chi connectivity index (χ0) is 14.4. The maximum absolute atomic E-state index is 11.8. The van der Waals surface area contributed by atoms with Gasteiger partial charge < -0.3 is 10.2 Å². The molecule has 0 aromatic carbocycles. The first-order chi connectivity index (χ1) is 8.99. The molecule has 0 fully saturated rings. The highest BCUT2D eigenvalue weighted by Crippen LogP contribution is 2.25. The summed E-state index contributed by atoms with van der Waals surface area (Å²) in [4.78, 5) is 11.8. The lowest BCUT2D eigenvalue weighted by Crippen LogP contribution is -2.17. The van der Waals surface area contributed by atoms with E-state index in [4.69, 9.17) is 15.4 Å². The van der Waals surface area contributed by atoms with E-state index in [0.29, 0.717) is 28.9 Å². The maximum Gasteiger partial charge on any atom is 0.236 e. The maximum atomic E-state index is 11.8. The van der Waals surface area contributed by atoms with Crippen molar-refractivity contribution in [3.8, 4) is 6.07 Å². The molecule has 104 valence electrons. The number of anilines is 1. The molecular weight excluding hydrogens is 262 g/mol. The Hall–Kier alpha value is -1.45. The number of furan rings is 1. The molecule has 1 aromatic rings. The molecule has 0 aliphatic carbocycles. The smallest absolute Gasteiger partial charge is 0.236 e. The van der Waals surface area contributed by atoms with Crippen molar-refractivity contribution in [2.45, 2.75) is 32.4 Å². The van der Waals surface area contributed by atoms with Crippen LogP contribution in [-0.2, 0) is 4.79 Å². The number of amides is 1. The van der Waals surface area contributed by atoms with Gasteiger partial charge in [-0.1, -0.05) is 6.92 Å². The van der Waals surface area contributed by atoms with Gasteiger partial charge in [-0.2, -0.15) is 5.26 Å². The normalized spacial score (nSPS) is 11.9. The van der Waals surface area contributed by atoms with E-state index in [1.165, 1.54) is 11.8 Å². The van der Waals surface area contributed by atoms with Crippen LogP contribution in [0.25, 0.3) is 0 Å². The van der Waals surface area contributed by atoms with E-state index in [-0.39, 0.29) is 11.8 Å². The fourth-order valence-corrected chi connectivity index (χ4v) is 2.36. The van der Waals surface area contributed by atoms with Gasteiger partial charge in [0, 0.05) is 10.8 Å². The third-order valence-electron chi connectivity index (χ3n) is 2.82. The number of rotatable bonds is 6. The third kappa shape index (κ3) is 4.30. The summed E-state index contributed by atoms with van der Waals surface area (Å²) in [5.41, 5.74) is 6.61. The number of hydrogen-bond acceptors (Lipinski definition) is 5. The Kier molecular flexibility index (Phi) is 5.93. The Morgan fingerprint density at radius 2 is 2.26 bits per heavy atom. The van der Waals surface area contributed by atoms with Crippen LogP contribution in [0.2, 0.25) is 0 Å². The van der Waals surface area contributed by atoms with Crippen LogP contribution in [0.4, 0.5) is 5.88 Å². The summed E-state index contributed by atoms with van der Waals surface area (Å²) in [6, 6.07) is 2.04. The fraction of sp³-hybridized carbons (Fsp3) is 0.538.